The minimum atomic E-state index is 0.881. The van der Waals surface area contributed by atoms with E-state index in [0.29, 0.717) is 0 Å². The Bertz CT molecular complexity index is 162. The summed E-state index contributed by atoms with van der Waals surface area (Å²) in [5.74, 6) is 1.02. The van der Waals surface area contributed by atoms with Crippen LogP contribution in [0.2, 0.25) is 0 Å². The minimum Gasteiger partial charge on any atom is -0.314 e. The van der Waals surface area contributed by atoms with E-state index < -0.39 is 0 Å². The van der Waals surface area contributed by atoms with Crippen LogP contribution in [0, 0.1) is 5.92 Å². The monoisotopic (exact) mass is 196 g/mol. The van der Waals surface area contributed by atoms with Gasteiger partial charge in [-0.2, -0.15) is 0 Å². The summed E-state index contributed by atoms with van der Waals surface area (Å²) in [7, 11) is 2.27. The summed E-state index contributed by atoms with van der Waals surface area (Å²) < 4.78 is 0. The first-order valence-electron chi connectivity index (χ1n) is 6.26. The molecule has 0 heterocycles. The second-order valence-electron chi connectivity index (χ2n) is 5.14. The van der Waals surface area contributed by atoms with Gasteiger partial charge in [0.1, 0.15) is 0 Å². The number of nitrogens with one attached hydrogen (secondary N) is 1. The van der Waals surface area contributed by atoms with Gasteiger partial charge in [0, 0.05) is 12.6 Å². The van der Waals surface area contributed by atoms with Crippen LogP contribution in [0.15, 0.2) is 0 Å². The highest BCUT2D eigenvalue weighted by molar-refractivity contribution is 4.80. The molecule has 0 unspecified atom stereocenters. The van der Waals surface area contributed by atoms with E-state index in [0.717, 1.165) is 12.0 Å². The molecule has 0 spiro atoms. The molecular formula is C12H24N2. The quantitative estimate of drug-likeness (QED) is 0.625. The lowest BCUT2D eigenvalue weighted by Crippen LogP contribution is -2.31. The lowest BCUT2D eigenvalue weighted by atomic mass is 9.85. The van der Waals surface area contributed by atoms with E-state index in [1.54, 1.807) is 0 Å². The standard InChI is InChI=1S/C12H24N2/c1-14(10-11-4-2-5-11)9-3-8-13-12-6-7-12/h11-13H,2-10H2,1H3. The average Bonchev–Trinajstić information content (AvgIpc) is 2.89. The molecule has 82 valence electrons. The maximum atomic E-state index is 3.57. The number of hydrogen-bond donors (Lipinski definition) is 1. The Morgan fingerprint density at radius 1 is 1.21 bits per heavy atom. The van der Waals surface area contributed by atoms with Gasteiger partial charge in [0.15, 0.2) is 0 Å². The molecule has 0 aliphatic heterocycles. The summed E-state index contributed by atoms with van der Waals surface area (Å²) in [4.78, 5) is 2.51. The van der Waals surface area contributed by atoms with Crippen molar-refractivity contribution < 1.29 is 0 Å². The Labute approximate surface area is 88.1 Å². The molecule has 0 atom stereocenters. The van der Waals surface area contributed by atoms with E-state index in [-0.39, 0.29) is 0 Å². The highest BCUT2D eigenvalue weighted by Gasteiger charge is 2.20. The van der Waals surface area contributed by atoms with E-state index in [4.69, 9.17) is 0 Å². The Morgan fingerprint density at radius 3 is 2.57 bits per heavy atom. The van der Waals surface area contributed by atoms with Gasteiger partial charge in [0.05, 0.1) is 0 Å². The van der Waals surface area contributed by atoms with Crippen LogP contribution in [-0.4, -0.2) is 37.6 Å². The topological polar surface area (TPSA) is 15.3 Å². The molecule has 2 nitrogen and oxygen atoms in total. The lowest BCUT2D eigenvalue weighted by Gasteiger charge is -2.30. The maximum absolute atomic E-state index is 3.57. The van der Waals surface area contributed by atoms with Crippen LogP contribution >= 0.6 is 0 Å². The van der Waals surface area contributed by atoms with Gasteiger partial charge in [-0.3, -0.25) is 0 Å². The Balaban J connectivity index is 1.42. The first-order valence-corrected chi connectivity index (χ1v) is 6.26. The van der Waals surface area contributed by atoms with Crippen molar-refractivity contribution in [3.05, 3.63) is 0 Å². The molecule has 2 rings (SSSR count). The molecule has 2 fully saturated rings. The van der Waals surface area contributed by atoms with Gasteiger partial charge in [0.2, 0.25) is 0 Å². The zero-order valence-corrected chi connectivity index (χ0v) is 9.47. The first-order chi connectivity index (χ1) is 6.84. The summed E-state index contributed by atoms with van der Waals surface area (Å²) in [6, 6.07) is 0.881. The fraction of sp³-hybridized carbons (Fsp3) is 1.00. The largest absolute Gasteiger partial charge is 0.314 e. The Hall–Kier alpha value is -0.0800. The third-order valence-electron chi connectivity index (χ3n) is 3.52. The van der Waals surface area contributed by atoms with E-state index in [2.05, 4.69) is 17.3 Å². The van der Waals surface area contributed by atoms with Crippen molar-refractivity contribution in [3.8, 4) is 0 Å². The smallest absolute Gasteiger partial charge is 0.00682 e. The average molecular weight is 196 g/mol. The van der Waals surface area contributed by atoms with E-state index >= 15 is 0 Å². The fourth-order valence-electron chi connectivity index (χ4n) is 2.15. The van der Waals surface area contributed by atoms with Gasteiger partial charge in [-0.15, -0.1) is 0 Å². The Kier molecular flexibility index (Phi) is 3.82. The fourth-order valence-corrected chi connectivity index (χ4v) is 2.15. The van der Waals surface area contributed by atoms with Crippen molar-refractivity contribution in [3.63, 3.8) is 0 Å². The molecule has 0 radical (unpaired) electrons. The van der Waals surface area contributed by atoms with Crippen LogP contribution < -0.4 is 5.32 Å². The number of nitrogens with zero attached hydrogens (tertiary/aromatic N) is 1. The molecule has 0 bridgehead atoms. The third-order valence-corrected chi connectivity index (χ3v) is 3.52. The highest BCUT2D eigenvalue weighted by Crippen LogP contribution is 2.26. The van der Waals surface area contributed by atoms with Crippen molar-refractivity contribution in [2.45, 2.75) is 44.6 Å². The summed E-state index contributed by atoms with van der Waals surface area (Å²) in [5, 5.41) is 3.57. The second kappa shape index (κ2) is 5.13. The first kappa shape index (κ1) is 10.4. The molecule has 0 saturated heterocycles. The van der Waals surface area contributed by atoms with Crippen LogP contribution in [0.1, 0.15) is 38.5 Å². The van der Waals surface area contributed by atoms with Crippen LogP contribution in [0.4, 0.5) is 0 Å². The Morgan fingerprint density at radius 2 is 2.00 bits per heavy atom. The van der Waals surface area contributed by atoms with Gasteiger partial charge in [0.25, 0.3) is 0 Å². The molecule has 14 heavy (non-hydrogen) atoms. The predicted octanol–water partition coefficient (Wildman–Crippen LogP) is 1.86. The van der Waals surface area contributed by atoms with Crippen LogP contribution in [0.25, 0.3) is 0 Å². The van der Waals surface area contributed by atoms with Crippen LogP contribution in [-0.2, 0) is 0 Å². The molecule has 2 saturated carbocycles. The van der Waals surface area contributed by atoms with E-state index in [1.165, 1.54) is 58.2 Å². The predicted molar refractivity (Wildman–Crippen MR) is 60.5 cm³/mol. The minimum absolute atomic E-state index is 0.881. The van der Waals surface area contributed by atoms with E-state index in [9.17, 15) is 0 Å². The van der Waals surface area contributed by atoms with Crippen LogP contribution in [0.5, 0.6) is 0 Å². The second-order valence-corrected chi connectivity index (χ2v) is 5.14. The SMILES string of the molecule is CN(CCCNC1CC1)CC1CCC1. The maximum Gasteiger partial charge on any atom is 0.00682 e. The summed E-state index contributed by atoms with van der Waals surface area (Å²) >= 11 is 0. The molecule has 0 aromatic rings. The third kappa shape index (κ3) is 3.58. The summed E-state index contributed by atoms with van der Waals surface area (Å²) in [6.07, 6.45) is 8.58. The lowest BCUT2D eigenvalue weighted by molar-refractivity contribution is 0.204. The molecule has 0 aromatic heterocycles. The molecular weight excluding hydrogens is 172 g/mol. The van der Waals surface area contributed by atoms with Crippen LogP contribution in [0.3, 0.4) is 0 Å². The number of rotatable bonds is 7. The molecule has 2 heteroatoms. The molecule has 0 amide bonds. The number of hydrogen-bond acceptors (Lipinski definition) is 2. The normalized spacial score (nSPS) is 22.7. The van der Waals surface area contributed by atoms with Crippen molar-refractivity contribution >= 4 is 0 Å². The van der Waals surface area contributed by atoms with Crippen molar-refractivity contribution in [2.24, 2.45) is 5.92 Å². The van der Waals surface area contributed by atoms with Crippen molar-refractivity contribution in [1.29, 1.82) is 0 Å². The van der Waals surface area contributed by atoms with Gasteiger partial charge in [-0.25, -0.2) is 0 Å². The van der Waals surface area contributed by atoms with Gasteiger partial charge in [-0.05, 0) is 58.2 Å². The highest BCUT2D eigenvalue weighted by atomic mass is 15.1. The van der Waals surface area contributed by atoms with Gasteiger partial charge >= 0.3 is 0 Å². The van der Waals surface area contributed by atoms with Gasteiger partial charge in [-0.1, -0.05) is 6.42 Å². The summed E-state index contributed by atoms with van der Waals surface area (Å²) in [6.45, 7) is 3.83. The zero-order valence-electron chi connectivity index (χ0n) is 9.47. The van der Waals surface area contributed by atoms with Crippen molar-refractivity contribution in [1.82, 2.24) is 10.2 Å². The van der Waals surface area contributed by atoms with E-state index in [1.807, 2.05) is 0 Å². The van der Waals surface area contributed by atoms with Crippen molar-refractivity contribution in [2.75, 3.05) is 26.7 Å². The summed E-state index contributed by atoms with van der Waals surface area (Å²) in [5.41, 5.74) is 0. The zero-order chi connectivity index (χ0) is 9.80. The molecule has 2 aliphatic rings. The molecule has 2 aliphatic carbocycles. The molecule has 1 N–H and O–H groups in total. The molecule has 0 aromatic carbocycles. The van der Waals surface area contributed by atoms with Gasteiger partial charge < -0.3 is 10.2 Å².